The van der Waals surface area contributed by atoms with E-state index in [0.29, 0.717) is 5.69 Å². The number of rotatable bonds is 2. The minimum Gasteiger partial charge on any atom is -0.384 e. The van der Waals surface area contributed by atoms with Crippen molar-refractivity contribution in [2.45, 2.75) is 0 Å². The minimum absolute atomic E-state index is 0.0452. The summed E-state index contributed by atoms with van der Waals surface area (Å²) >= 11 is 0. The van der Waals surface area contributed by atoms with Gasteiger partial charge in [-0.25, -0.2) is 4.39 Å². The molecule has 3 N–H and O–H groups in total. The van der Waals surface area contributed by atoms with Crippen LogP contribution >= 0.6 is 0 Å². The number of H-pyrrole nitrogens is 1. The first-order valence-corrected chi connectivity index (χ1v) is 5.99. The maximum Gasteiger partial charge on any atom is 0.261 e. The summed E-state index contributed by atoms with van der Waals surface area (Å²) in [6, 6.07) is 5.06. The lowest BCUT2D eigenvalue weighted by atomic mass is 10.1. The van der Waals surface area contributed by atoms with E-state index in [0.717, 1.165) is 6.07 Å². The number of aromatic amines is 1. The van der Waals surface area contributed by atoms with Gasteiger partial charge in [0.05, 0.1) is 5.56 Å². The Balaban J connectivity index is 2.26. The van der Waals surface area contributed by atoms with E-state index in [1.54, 1.807) is 0 Å². The zero-order valence-corrected chi connectivity index (χ0v) is 10.8. The van der Waals surface area contributed by atoms with Gasteiger partial charge in [0, 0.05) is 24.1 Å². The molecule has 1 amide bonds. The van der Waals surface area contributed by atoms with Gasteiger partial charge >= 0.3 is 0 Å². The van der Waals surface area contributed by atoms with Crippen LogP contribution in [-0.2, 0) is 0 Å². The highest BCUT2D eigenvalue weighted by Gasteiger charge is 2.10. The van der Waals surface area contributed by atoms with Crippen molar-refractivity contribution in [3.05, 3.63) is 63.8 Å². The number of pyridine rings is 1. The number of carbonyl (C=O) groups is 1. The SMILES string of the molecule is O=C(Nc1ccc(F)c(C#CCO)c1)c1c[nH]ccc1=O. The molecule has 2 aromatic rings. The second-order valence-corrected chi connectivity index (χ2v) is 4.03. The third-order valence-electron chi connectivity index (χ3n) is 2.60. The summed E-state index contributed by atoms with van der Waals surface area (Å²) in [6.07, 6.45) is 2.70. The maximum atomic E-state index is 13.5. The Morgan fingerprint density at radius 2 is 2.19 bits per heavy atom. The van der Waals surface area contributed by atoms with Crippen LogP contribution in [0.25, 0.3) is 0 Å². The Kier molecular flexibility index (Phi) is 4.49. The van der Waals surface area contributed by atoms with Crippen LogP contribution < -0.4 is 10.7 Å². The summed E-state index contributed by atoms with van der Waals surface area (Å²) in [4.78, 5) is 26.1. The van der Waals surface area contributed by atoms with Crippen molar-refractivity contribution in [2.24, 2.45) is 0 Å². The highest BCUT2D eigenvalue weighted by Crippen LogP contribution is 2.14. The number of nitrogens with one attached hydrogen (secondary N) is 2. The number of anilines is 1. The van der Waals surface area contributed by atoms with Crippen LogP contribution in [-0.4, -0.2) is 22.6 Å². The molecule has 0 radical (unpaired) electrons. The first-order chi connectivity index (χ1) is 10.1. The van der Waals surface area contributed by atoms with Gasteiger partial charge in [-0.1, -0.05) is 11.8 Å². The monoisotopic (exact) mass is 286 g/mol. The lowest BCUT2D eigenvalue weighted by Crippen LogP contribution is -2.20. The van der Waals surface area contributed by atoms with Gasteiger partial charge in [-0.3, -0.25) is 9.59 Å². The molecule has 106 valence electrons. The van der Waals surface area contributed by atoms with E-state index in [2.05, 4.69) is 22.1 Å². The summed E-state index contributed by atoms with van der Waals surface area (Å²) in [5.41, 5.74) is -0.130. The van der Waals surface area contributed by atoms with Crippen LogP contribution in [0.1, 0.15) is 15.9 Å². The topological polar surface area (TPSA) is 82.2 Å². The standard InChI is InChI=1S/C15H11FN2O3/c16-13-4-3-11(8-10(13)2-1-7-19)18-15(21)12-9-17-6-5-14(12)20/h3-6,8-9,19H,7H2,(H,17,20)(H,18,21). The van der Waals surface area contributed by atoms with Crippen molar-refractivity contribution < 1.29 is 14.3 Å². The smallest absolute Gasteiger partial charge is 0.261 e. The van der Waals surface area contributed by atoms with Crippen molar-refractivity contribution >= 4 is 11.6 Å². The Bertz CT molecular complexity index is 787. The number of carbonyl (C=O) groups excluding carboxylic acids is 1. The number of aromatic nitrogens is 1. The van der Waals surface area contributed by atoms with Gasteiger partial charge in [-0.2, -0.15) is 0 Å². The zero-order chi connectivity index (χ0) is 15.2. The molecule has 1 aromatic carbocycles. The van der Waals surface area contributed by atoms with Crippen molar-refractivity contribution in [1.82, 2.24) is 4.98 Å². The Labute approximate surface area is 119 Å². The molecule has 5 nitrogen and oxygen atoms in total. The van der Waals surface area contributed by atoms with Gasteiger partial charge in [0.15, 0.2) is 5.43 Å². The van der Waals surface area contributed by atoms with Crippen LogP contribution in [0, 0.1) is 17.7 Å². The number of aliphatic hydroxyl groups excluding tert-OH is 1. The van der Waals surface area contributed by atoms with Gasteiger partial charge < -0.3 is 15.4 Å². The Morgan fingerprint density at radius 1 is 1.38 bits per heavy atom. The lowest BCUT2D eigenvalue weighted by Gasteiger charge is -2.05. The fourth-order valence-electron chi connectivity index (χ4n) is 1.63. The number of hydrogen-bond donors (Lipinski definition) is 3. The minimum atomic E-state index is -0.607. The molecule has 0 unspecified atom stereocenters. The number of amides is 1. The fourth-order valence-corrected chi connectivity index (χ4v) is 1.63. The van der Waals surface area contributed by atoms with E-state index in [1.807, 2.05) is 0 Å². The van der Waals surface area contributed by atoms with Crippen LogP contribution in [0.4, 0.5) is 10.1 Å². The molecule has 0 aliphatic rings. The van der Waals surface area contributed by atoms with Gasteiger partial charge in [0.25, 0.3) is 5.91 Å². The largest absolute Gasteiger partial charge is 0.384 e. The molecule has 0 saturated carbocycles. The quantitative estimate of drug-likeness (QED) is 0.723. The molecule has 0 bridgehead atoms. The number of halogens is 1. The lowest BCUT2D eigenvalue weighted by molar-refractivity contribution is 0.102. The van der Waals surface area contributed by atoms with Crippen LogP contribution in [0.2, 0.25) is 0 Å². The van der Waals surface area contributed by atoms with Crippen LogP contribution in [0.3, 0.4) is 0 Å². The second kappa shape index (κ2) is 6.50. The van der Waals surface area contributed by atoms with E-state index < -0.39 is 23.8 Å². The third kappa shape index (κ3) is 3.55. The van der Waals surface area contributed by atoms with E-state index >= 15 is 0 Å². The van der Waals surface area contributed by atoms with E-state index in [1.165, 1.54) is 30.6 Å². The first-order valence-electron chi connectivity index (χ1n) is 5.99. The first kappa shape index (κ1) is 14.5. The predicted octanol–water partition coefficient (Wildman–Crippen LogP) is 1.11. The number of aliphatic hydroxyl groups is 1. The van der Waals surface area contributed by atoms with Crippen LogP contribution in [0.15, 0.2) is 41.5 Å². The number of benzene rings is 1. The van der Waals surface area contributed by atoms with Crippen molar-refractivity contribution in [1.29, 1.82) is 0 Å². The number of hydrogen-bond acceptors (Lipinski definition) is 3. The predicted molar refractivity (Wildman–Crippen MR) is 75.4 cm³/mol. The van der Waals surface area contributed by atoms with E-state index in [4.69, 9.17) is 5.11 Å². The fraction of sp³-hybridized carbons (Fsp3) is 0.0667. The molecule has 0 spiro atoms. The third-order valence-corrected chi connectivity index (χ3v) is 2.60. The molecule has 21 heavy (non-hydrogen) atoms. The summed E-state index contributed by atoms with van der Waals surface area (Å²) < 4.78 is 13.5. The van der Waals surface area contributed by atoms with Crippen molar-refractivity contribution in [3.63, 3.8) is 0 Å². The molecule has 2 rings (SSSR count). The van der Waals surface area contributed by atoms with E-state index in [9.17, 15) is 14.0 Å². The van der Waals surface area contributed by atoms with Crippen molar-refractivity contribution in [2.75, 3.05) is 11.9 Å². The maximum absolute atomic E-state index is 13.5. The van der Waals surface area contributed by atoms with Gasteiger partial charge in [0.1, 0.15) is 18.0 Å². The summed E-state index contributed by atoms with van der Waals surface area (Å²) in [6.45, 7) is -0.393. The molecule has 0 aliphatic carbocycles. The molecule has 1 heterocycles. The summed E-state index contributed by atoms with van der Waals surface area (Å²) in [5.74, 6) is 3.59. The highest BCUT2D eigenvalue weighted by molar-refractivity contribution is 6.04. The molecule has 1 aromatic heterocycles. The molecular formula is C15H11FN2O3. The zero-order valence-electron chi connectivity index (χ0n) is 10.8. The van der Waals surface area contributed by atoms with Crippen molar-refractivity contribution in [3.8, 4) is 11.8 Å². The van der Waals surface area contributed by atoms with Gasteiger partial charge in [-0.15, -0.1) is 0 Å². The van der Waals surface area contributed by atoms with Gasteiger partial charge in [0.2, 0.25) is 0 Å². The molecule has 0 fully saturated rings. The summed E-state index contributed by atoms with van der Waals surface area (Å²) in [7, 11) is 0. The molecule has 6 heteroatoms. The highest BCUT2D eigenvalue weighted by atomic mass is 19.1. The molecule has 0 atom stereocenters. The second-order valence-electron chi connectivity index (χ2n) is 4.03. The Hall–Kier alpha value is -2.91. The average molecular weight is 286 g/mol. The average Bonchev–Trinajstić information content (AvgIpc) is 2.48. The Morgan fingerprint density at radius 3 is 2.90 bits per heavy atom. The molecule has 0 aliphatic heterocycles. The van der Waals surface area contributed by atoms with Gasteiger partial charge in [-0.05, 0) is 18.2 Å². The van der Waals surface area contributed by atoms with E-state index in [-0.39, 0.29) is 11.1 Å². The summed E-state index contributed by atoms with van der Waals surface area (Å²) in [5, 5.41) is 11.1. The molecular weight excluding hydrogens is 275 g/mol. The molecule has 0 saturated heterocycles. The normalized spacial score (nSPS) is 9.62. The van der Waals surface area contributed by atoms with Crippen LogP contribution in [0.5, 0.6) is 0 Å².